The van der Waals surface area contributed by atoms with E-state index in [9.17, 15) is 14.4 Å². The number of fused-ring (bicyclic) bond motifs is 1. The molecule has 2 bridgehead atoms. The van der Waals surface area contributed by atoms with E-state index in [1.54, 1.807) is 31.2 Å². The van der Waals surface area contributed by atoms with Crippen molar-refractivity contribution in [1.29, 1.82) is 0 Å². The molecule has 1 saturated heterocycles. The van der Waals surface area contributed by atoms with Crippen LogP contribution in [0.4, 0.5) is 10.5 Å². The SMILES string of the molecule is CCOc1ccc(NC(=O)N[C@@H](C)N2C(=O)[C@@H]3[C@H](C2=O)[C@H]2C=C[C@H]3CC2)cc1. The fourth-order valence-corrected chi connectivity index (χ4v) is 4.70. The Balaban J connectivity index is 1.39. The van der Waals surface area contributed by atoms with Gasteiger partial charge >= 0.3 is 6.03 Å². The first-order valence-corrected chi connectivity index (χ1v) is 9.85. The van der Waals surface area contributed by atoms with Crippen LogP contribution in [-0.4, -0.2) is 35.5 Å². The van der Waals surface area contributed by atoms with Crippen LogP contribution >= 0.6 is 0 Å². The lowest BCUT2D eigenvalue weighted by Gasteiger charge is -2.38. The number of allylic oxidation sites excluding steroid dienone is 2. The maximum Gasteiger partial charge on any atom is 0.320 e. The number of hydrogen-bond donors (Lipinski definition) is 2. The molecule has 0 unspecified atom stereocenters. The summed E-state index contributed by atoms with van der Waals surface area (Å²) in [7, 11) is 0. The van der Waals surface area contributed by atoms with Crippen molar-refractivity contribution < 1.29 is 19.1 Å². The van der Waals surface area contributed by atoms with Crippen molar-refractivity contribution in [2.45, 2.75) is 32.9 Å². The number of imide groups is 1. The van der Waals surface area contributed by atoms with Crippen LogP contribution in [0.15, 0.2) is 36.4 Å². The van der Waals surface area contributed by atoms with Gasteiger partial charge in [-0.25, -0.2) is 4.79 Å². The van der Waals surface area contributed by atoms with E-state index >= 15 is 0 Å². The molecule has 2 fully saturated rings. The van der Waals surface area contributed by atoms with Gasteiger partial charge in [-0.05, 0) is 62.8 Å². The second kappa shape index (κ2) is 7.30. The van der Waals surface area contributed by atoms with Crippen molar-refractivity contribution in [3.63, 3.8) is 0 Å². The molecule has 5 atom stereocenters. The van der Waals surface area contributed by atoms with Gasteiger partial charge in [0.15, 0.2) is 0 Å². The predicted molar refractivity (Wildman–Crippen MR) is 103 cm³/mol. The number of nitrogens with zero attached hydrogens (tertiary/aromatic N) is 1. The van der Waals surface area contributed by atoms with Gasteiger partial charge in [-0.3, -0.25) is 14.5 Å². The Morgan fingerprint density at radius 3 is 2.18 bits per heavy atom. The monoisotopic (exact) mass is 383 g/mol. The molecule has 2 N–H and O–H groups in total. The summed E-state index contributed by atoms with van der Waals surface area (Å²) in [5, 5.41) is 5.43. The van der Waals surface area contributed by atoms with Gasteiger partial charge in [-0.2, -0.15) is 0 Å². The first kappa shape index (κ1) is 18.5. The minimum absolute atomic E-state index is 0.140. The molecule has 5 rings (SSSR count). The molecule has 1 saturated carbocycles. The van der Waals surface area contributed by atoms with Gasteiger partial charge in [0.2, 0.25) is 11.8 Å². The predicted octanol–water partition coefficient (Wildman–Crippen LogP) is 2.75. The smallest absolute Gasteiger partial charge is 0.320 e. The number of rotatable bonds is 5. The van der Waals surface area contributed by atoms with Crippen molar-refractivity contribution >= 4 is 23.5 Å². The van der Waals surface area contributed by atoms with E-state index in [2.05, 4.69) is 22.8 Å². The molecule has 7 heteroatoms. The fraction of sp³-hybridized carbons (Fsp3) is 0.476. The van der Waals surface area contributed by atoms with Crippen LogP contribution in [0.1, 0.15) is 26.7 Å². The zero-order chi connectivity index (χ0) is 19.8. The molecule has 0 radical (unpaired) electrons. The van der Waals surface area contributed by atoms with Crippen LogP contribution in [0.25, 0.3) is 0 Å². The largest absolute Gasteiger partial charge is 0.494 e. The summed E-state index contributed by atoms with van der Waals surface area (Å²) >= 11 is 0. The lowest BCUT2D eigenvalue weighted by Crippen LogP contribution is -2.50. The number of amides is 4. The summed E-state index contributed by atoms with van der Waals surface area (Å²) in [4.78, 5) is 39.4. The topological polar surface area (TPSA) is 87.7 Å². The summed E-state index contributed by atoms with van der Waals surface area (Å²) < 4.78 is 5.38. The maximum atomic E-state index is 12.9. The zero-order valence-electron chi connectivity index (χ0n) is 16.1. The third-order valence-corrected chi connectivity index (χ3v) is 5.94. The maximum absolute atomic E-state index is 12.9. The molecular formula is C21H25N3O4. The fourth-order valence-electron chi connectivity index (χ4n) is 4.70. The van der Waals surface area contributed by atoms with Gasteiger partial charge in [-0.15, -0.1) is 0 Å². The molecule has 148 valence electrons. The molecule has 1 aliphatic heterocycles. The van der Waals surface area contributed by atoms with E-state index in [1.807, 2.05) is 6.92 Å². The zero-order valence-corrected chi connectivity index (χ0v) is 16.1. The Hall–Kier alpha value is -2.83. The third-order valence-electron chi connectivity index (χ3n) is 5.94. The van der Waals surface area contributed by atoms with Crippen molar-refractivity contribution in [2.24, 2.45) is 23.7 Å². The Morgan fingerprint density at radius 2 is 1.68 bits per heavy atom. The lowest BCUT2D eigenvalue weighted by atomic mass is 9.63. The molecule has 4 amide bonds. The Bertz CT molecular complexity index is 787. The van der Waals surface area contributed by atoms with E-state index in [1.165, 1.54) is 4.90 Å². The standard InChI is InChI=1S/C21H25N3O4/c1-3-28-16-10-8-15(9-11-16)23-21(27)22-12(2)24-19(25)17-13-4-5-14(7-6-13)18(17)20(24)26/h4-5,8-14,17-18H,3,6-7H2,1-2H3,(H2,22,23,27)/t12-,13+,14+,17-,18+/m1/s1. The lowest BCUT2D eigenvalue weighted by molar-refractivity contribution is -0.142. The number of hydrogen-bond acceptors (Lipinski definition) is 4. The second-order valence-electron chi connectivity index (χ2n) is 7.62. The summed E-state index contributed by atoms with van der Waals surface area (Å²) in [6.07, 6.45) is 5.37. The van der Waals surface area contributed by atoms with Crippen molar-refractivity contribution in [2.75, 3.05) is 11.9 Å². The molecule has 28 heavy (non-hydrogen) atoms. The number of nitrogens with one attached hydrogen (secondary N) is 2. The van der Waals surface area contributed by atoms with Crippen LogP contribution in [0.3, 0.4) is 0 Å². The summed E-state index contributed by atoms with van der Waals surface area (Å²) in [5.74, 6) is 0.138. The molecule has 0 aromatic heterocycles. The Kier molecular flexibility index (Phi) is 4.83. The highest BCUT2D eigenvalue weighted by atomic mass is 16.5. The van der Waals surface area contributed by atoms with E-state index < -0.39 is 12.2 Å². The van der Waals surface area contributed by atoms with Crippen molar-refractivity contribution in [1.82, 2.24) is 10.2 Å². The van der Waals surface area contributed by atoms with Gasteiger partial charge in [0.1, 0.15) is 11.9 Å². The number of ether oxygens (including phenoxy) is 1. The highest BCUT2D eigenvalue weighted by molar-refractivity contribution is 6.06. The molecule has 1 aromatic rings. The van der Waals surface area contributed by atoms with Crippen LogP contribution in [0.5, 0.6) is 5.75 Å². The average molecular weight is 383 g/mol. The quantitative estimate of drug-likeness (QED) is 0.605. The third kappa shape index (κ3) is 3.15. The van der Waals surface area contributed by atoms with Crippen LogP contribution < -0.4 is 15.4 Å². The van der Waals surface area contributed by atoms with E-state index in [-0.39, 0.29) is 35.5 Å². The average Bonchev–Trinajstić information content (AvgIpc) is 2.97. The van der Waals surface area contributed by atoms with Gasteiger partial charge in [0.05, 0.1) is 18.4 Å². The first-order chi connectivity index (χ1) is 13.5. The molecule has 4 aliphatic rings. The van der Waals surface area contributed by atoms with Crippen LogP contribution in [0, 0.1) is 23.7 Å². The summed E-state index contributed by atoms with van der Waals surface area (Å²) in [5.41, 5.74) is 0.600. The molecule has 0 spiro atoms. The van der Waals surface area contributed by atoms with E-state index in [0.717, 1.165) is 18.6 Å². The van der Waals surface area contributed by atoms with Crippen LogP contribution in [0.2, 0.25) is 0 Å². The Morgan fingerprint density at radius 1 is 1.11 bits per heavy atom. The number of carbonyl (C=O) groups is 3. The first-order valence-electron chi connectivity index (χ1n) is 9.85. The van der Waals surface area contributed by atoms with Crippen LogP contribution in [-0.2, 0) is 9.59 Å². The minimum atomic E-state index is -0.701. The highest BCUT2D eigenvalue weighted by Crippen LogP contribution is 2.49. The molecule has 1 aromatic carbocycles. The van der Waals surface area contributed by atoms with Gasteiger partial charge in [-0.1, -0.05) is 12.2 Å². The van der Waals surface area contributed by atoms with Gasteiger partial charge in [0, 0.05) is 5.69 Å². The normalized spacial score (nSPS) is 28.9. The van der Waals surface area contributed by atoms with Gasteiger partial charge < -0.3 is 15.4 Å². The van der Waals surface area contributed by atoms with Crippen molar-refractivity contribution in [3.05, 3.63) is 36.4 Å². The second-order valence-corrected chi connectivity index (χ2v) is 7.62. The number of benzene rings is 1. The number of anilines is 1. The molecule has 1 heterocycles. The highest BCUT2D eigenvalue weighted by Gasteiger charge is 2.57. The number of likely N-dealkylation sites (tertiary alicyclic amines) is 1. The number of urea groups is 1. The summed E-state index contributed by atoms with van der Waals surface area (Å²) in [6.45, 7) is 4.14. The minimum Gasteiger partial charge on any atom is -0.494 e. The van der Waals surface area contributed by atoms with Gasteiger partial charge in [0.25, 0.3) is 0 Å². The molecule has 3 aliphatic carbocycles. The van der Waals surface area contributed by atoms with E-state index in [0.29, 0.717) is 12.3 Å². The molecule has 7 nitrogen and oxygen atoms in total. The van der Waals surface area contributed by atoms with E-state index in [4.69, 9.17) is 4.74 Å². The number of carbonyl (C=O) groups excluding carboxylic acids is 3. The Labute approximate surface area is 164 Å². The molecular weight excluding hydrogens is 358 g/mol. The summed E-state index contributed by atoms with van der Waals surface area (Å²) in [6, 6.07) is 6.54. The van der Waals surface area contributed by atoms with Crippen molar-refractivity contribution in [3.8, 4) is 5.75 Å².